The molecule has 2 rings (SSSR count). The molecule has 1 fully saturated rings. The molecule has 0 aliphatic carbocycles. The fourth-order valence-electron chi connectivity index (χ4n) is 1.85. The molecule has 0 spiro atoms. The summed E-state index contributed by atoms with van der Waals surface area (Å²) in [7, 11) is 0. The lowest BCUT2D eigenvalue weighted by Crippen LogP contribution is -2.48. The van der Waals surface area contributed by atoms with Crippen molar-refractivity contribution in [2.75, 3.05) is 26.2 Å². The summed E-state index contributed by atoms with van der Waals surface area (Å²) in [4.78, 5) is 2.79. The molecule has 1 aromatic heterocycles. The first kappa shape index (κ1) is 10.8. The van der Waals surface area contributed by atoms with Crippen LogP contribution < -0.4 is 5.32 Å². The Morgan fingerprint density at radius 1 is 1.53 bits per heavy atom. The zero-order chi connectivity index (χ0) is 10.7. The molecule has 1 aromatic rings. The summed E-state index contributed by atoms with van der Waals surface area (Å²) in [6.45, 7) is 6.50. The average molecular weight is 228 g/mol. The maximum atomic E-state index is 5.25. The van der Waals surface area contributed by atoms with Crippen LogP contribution in [0.4, 0.5) is 0 Å². The Balaban J connectivity index is 1.90. The summed E-state index contributed by atoms with van der Waals surface area (Å²) in [5.74, 6) is 0.700. The van der Waals surface area contributed by atoms with Gasteiger partial charge in [-0.1, -0.05) is 0 Å². The van der Waals surface area contributed by atoms with Crippen LogP contribution in [0.5, 0.6) is 0 Å². The second kappa shape index (κ2) is 4.87. The Hall–Kier alpha value is -0.720. The number of hydrogen-bond donors (Lipinski definition) is 2. The Bertz CT molecular complexity index is 355. The van der Waals surface area contributed by atoms with E-state index in [4.69, 9.17) is 16.6 Å². The molecule has 0 amide bonds. The molecule has 0 saturated carbocycles. The Morgan fingerprint density at radius 3 is 2.87 bits per heavy atom. The Kier molecular flexibility index (Phi) is 3.50. The van der Waals surface area contributed by atoms with Gasteiger partial charge in [-0.15, -0.1) is 5.10 Å². The van der Waals surface area contributed by atoms with E-state index in [1.54, 1.807) is 0 Å². The van der Waals surface area contributed by atoms with Gasteiger partial charge in [-0.2, -0.15) is 0 Å². The van der Waals surface area contributed by atoms with E-state index >= 15 is 0 Å². The molecule has 2 heterocycles. The fourth-order valence-corrected chi connectivity index (χ4v) is 1.99. The minimum absolute atomic E-state index is 0.359. The molecule has 1 atom stereocenters. The maximum absolute atomic E-state index is 5.25. The Labute approximate surface area is 93.9 Å². The van der Waals surface area contributed by atoms with Crippen LogP contribution in [0.2, 0.25) is 0 Å². The molecule has 0 bridgehead atoms. The molecule has 0 radical (unpaired) electrons. The predicted octanol–water partition coefficient (Wildman–Crippen LogP) is 0.568. The number of nitrogens with one attached hydrogen (secondary N) is 2. The average Bonchev–Trinajstić information content (AvgIpc) is 2.65. The molecular formula is C9H16N4OS. The topological polar surface area (TPSA) is 57.1 Å². The van der Waals surface area contributed by atoms with E-state index in [-0.39, 0.29) is 0 Å². The van der Waals surface area contributed by atoms with Crippen LogP contribution in [-0.2, 0) is 6.42 Å². The van der Waals surface area contributed by atoms with E-state index in [0.717, 1.165) is 32.6 Å². The highest BCUT2D eigenvalue weighted by Gasteiger charge is 2.18. The predicted molar refractivity (Wildman–Crippen MR) is 59.3 cm³/mol. The lowest BCUT2D eigenvalue weighted by molar-refractivity contribution is 0.177. The minimum atomic E-state index is 0.359. The van der Waals surface area contributed by atoms with Crippen molar-refractivity contribution in [3.8, 4) is 0 Å². The van der Waals surface area contributed by atoms with Crippen molar-refractivity contribution in [2.24, 2.45) is 0 Å². The van der Waals surface area contributed by atoms with Crippen molar-refractivity contribution in [1.29, 1.82) is 0 Å². The van der Waals surface area contributed by atoms with Crippen molar-refractivity contribution in [3.63, 3.8) is 0 Å². The van der Waals surface area contributed by atoms with Gasteiger partial charge >= 0.3 is 0 Å². The summed E-state index contributed by atoms with van der Waals surface area (Å²) < 4.78 is 5.25. The molecule has 2 N–H and O–H groups in total. The molecule has 84 valence electrons. The Morgan fingerprint density at radius 2 is 2.27 bits per heavy atom. The number of rotatable bonds is 3. The molecular weight excluding hydrogens is 212 g/mol. The van der Waals surface area contributed by atoms with Gasteiger partial charge in [0.1, 0.15) is 0 Å². The van der Waals surface area contributed by atoms with Gasteiger partial charge in [-0.3, -0.25) is 4.90 Å². The zero-order valence-electron chi connectivity index (χ0n) is 8.82. The zero-order valence-corrected chi connectivity index (χ0v) is 9.64. The van der Waals surface area contributed by atoms with Crippen molar-refractivity contribution >= 4 is 12.2 Å². The van der Waals surface area contributed by atoms with Crippen molar-refractivity contribution in [1.82, 2.24) is 20.4 Å². The number of hydrogen-bond acceptors (Lipinski definition) is 5. The summed E-state index contributed by atoms with van der Waals surface area (Å²) in [6.07, 6.45) is 0.813. The van der Waals surface area contributed by atoms with Crippen LogP contribution in [0.1, 0.15) is 12.8 Å². The molecule has 1 aliphatic rings. The first-order valence-electron chi connectivity index (χ1n) is 5.25. The number of nitrogens with zero attached hydrogens (tertiary/aromatic N) is 2. The molecule has 6 heteroatoms. The van der Waals surface area contributed by atoms with Crippen LogP contribution in [0.3, 0.4) is 0 Å². The maximum Gasteiger partial charge on any atom is 0.284 e. The van der Waals surface area contributed by atoms with Crippen LogP contribution >= 0.6 is 12.2 Å². The van der Waals surface area contributed by atoms with Crippen molar-refractivity contribution < 1.29 is 4.42 Å². The van der Waals surface area contributed by atoms with Crippen molar-refractivity contribution in [3.05, 3.63) is 10.7 Å². The van der Waals surface area contributed by atoms with Gasteiger partial charge in [0.15, 0.2) is 0 Å². The molecule has 5 nitrogen and oxygen atoms in total. The van der Waals surface area contributed by atoms with E-state index in [9.17, 15) is 0 Å². The lowest BCUT2D eigenvalue weighted by Gasteiger charge is -2.32. The van der Waals surface area contributed by atoms with Gasteiger partial charge < -0.3 is 9.73 Å². The van der Waals surface area contributed by atoms with E-state index in [0.29, 0.717) is 16.8 Å². The summed E-state index contributed by atoms with van der Waals surface area (Å²) in [5.41, 5.74) is 0. The SMILES string of the molecule is CC(Cc1n[nH]c(=S)o1)N1CCNCC1. The first-order chi connectivity index (χ1) is 7.25. The summed E-state index contributed by atoms with van der Waals surface area (Å²) in [5, 5.41) is 9.99. The third kappa shape index (κ3) is 2.87. The van der Waals surface area contributed by atoms with Crippen LogP contribution in [0.15, 0.2) is 4.42 Å². The number of aromatic amines is 1. The summed E-state index contributed by atoms with van der Waals surface area (Å²) >= 11 is 4.83. The minimum Gasteiger partial charge on any atom is -0.414 e. The molecule has 1 unspecified atom stereocenters. The van der Waals surface area contributed by atoms with E-state index in [1.165, 1.54) is 0 Å². The van der Waals surface area contributed by atoms with Gasteiger partial charge in [0.25, 0.3) is 4.84 Å². The molecule has 1 saturated heterocycles. The van der Waals surface area contributed by atoms with Gasteiger partial charge in [0.2, 0.25) is 5.89 Å². The number of piperazine rings is 1. The number of aromatic nitrogens is 2. The quantitative estimate of drug-likeness (QED) is 0.741. The number of H-pyrrole nitrogens is 1. The second-order valence-corrected chi connectivity index (χ2v) is 4.22. The molecule has 15 heavy (non-hydrogen) atoms. The largest absolute Gasteiger partial charge is 0.414 e. The van der Waals surface area contributed by atoms with E-state index in [2.05, 4.69) is 27.3 Å². The third-order valence-corrected chi connectivity index (χ3v) is 2.90. The summed E-state index contributed by atoms with van der Waals surface area (Å²) in [6, 6.07) is 0.452. The van der Waals surface area contributed by atoms with Gasteiger partial charge in [-0.05, 0) is 19.1 Å². The van der Waals surface area contributed by atoms with E-state index < -0.39 is 0 Å². The first-order valence-corrected chi connectivity index (χ1v) is 5.65. The third-order valence-electron chi connectivity index (χ3n) is 2.73. The molecule has 0 aromatic carbocycles. The highest BCUT2D eigenvalue weighted by atomic mass is 32.1. The van der Waals surface area contributed by atoms with Gasteiger partial charge in [0, 0.05) is 38.6 Å². The van der Waals surface area contributed by atoms with Gasteiger partial charge in [-0.25, -0.2) is 5.10 Å². The molecule has 1 aliphatic heterocycles. The monoisotopic (exact) mass is 228 g/mol. The highest BCUT2D eigenvalue weighted by molar-refractivity contribution is 7.71. The fraction of sp³-hybridized carbons (Fsp3) is 0.778. The smallest absolute Gasteiger partial charge is 0.284 e. The van der Waals surface area contributed by atoms with Crippen LogP contribution in [0.25, 0.3) is 0 Å². The van der Waals surface area contributed by atoms with Crippen LogP contribution in [0, 0.1) is 4.84 Å². The van der Waals surface area contributed by atoms with Gasteiger partial charge in [0.05, 0.1) is 0 Å². The normalized spacial score (nSPS) is 20.3. The van der Waals surface area contributed by atoms with Crippen LogP contribution in [-0.4, -0.2) is 47.3 Å². The highest BCUT2D eigenvalue weighted by Crippen LogP contribution is 2.07. The van der Waals surface area contributed by atoms with E-state index in [1.807, 2.05) is 0 Å². The van der Waals surface area contributed by atoms with Crippen molar-refractivity contribution in [2.45, 2.75) is 19.4 Å². The second-order valence-electron chi connectivity index (χ2n) is 3.85. The standard InChI is InChI=1S/C9H16N4OS/c1-7(13-4-2-10-3-5-13)6-8-11-12-9(15)14-8/h7,10H,2-6H2,1H3,(H,12,15). The lowest BCUT2D eigenvalue weighted by atomic mass is 10.2.